The van der Waals surface area contributed by atoms with Crippen LogP contribution in [0.25, 0.3) is 0 Å². The average molecular weight is 478 g/mol. The van der Waals surface area contributed by atoms with Gasteiger partial charge in [0, 0.05) is 24.2 Å². The second-order valence-corrected chi connectivity index (χ2v) is 8.09. The van der Waals surface area contributed by atoms with Gasteiger partial charge >= 0.3 is 5.97 Å². The summed E-state index contributed by atoms with van der Waals surface area (Å²) in [5.41, 5.74) is 5.70. The van der Waals surface area contributed by atoms with E-state index in [-0.39, 0.29) is 12.4 Å². The van der Waals surface area contributed by atoms with Crippen LogP contribution in [0.5, 0.6) is 5.75 Å². The van der Waals surface area contributed by atoms with E-state index in [2.05, 4.69) is 72.6 Å². The highest BCUT2D eigenvalue weighted by Gasteiger charge is 2.11. The summed E-state index contributed by atoms with van der Waals surface area (Å²) in [4.78, 5) is 10.9. The van der Waals surface area contributed by atoms with E-state index in [0.717, 1.165) is 29.7 Å². The van der Waals surface area contributed by atoms with Crippen molar-refractivity contribution in [1.82, 2.24) is 5.32 Å². The van der Waals surface area contributed by atoms with Crippen LogP contribution in [-0.2, 0) is 24.3 Å². The number of rotatable bonds is 10. The summed E-state index contributed by atoms with van der Waals surface area (Å²) in [6.07, 6.45) is 2.70. The van der Waals surface area contributed by atoms with Crippen LogP contribution < -0.4 is 10.1 Å². The zero-order chi connectivity index (χ0) is 23.5. The number of nitrogens with one attached hydrogen (secondary N) is 1. The van der Waals surface area contributed by atoms with E-state index in [1.807, 2.05) is 12.1 Å². The van der Waals surface area contributed by atoms with E-state index >= 15 is 0 Å². The van der Waals surface area contributed by atoms with Gasteiger partial charge in [-0.05, 0) is 72.9 Å². The number of hydrogen-bond donors (Lipinski definition) is 2. The Morgan fingerprint density at radius 3 is 1.79 bits per heavy atom. The van der Waals surface area contributed by atoms with Gasteiger partial charge in [-0.25, -0.2) is 4.79 Å². The van der Waals surface area contributed by atoms with Crippen LogP contribution in [0.2, 0.25) is 0 Å². The first-order valence-electron chi connectivity index (χ1n) is 11.4. The summed E-state index contributed by atoms with van der Waals surface area (Å²) in [5, 5.41) is 12.3. The molecule has 2 N–H and O–H groups in total. The average Bonchev–Trinajstić information content (AvgIpc) is 2.84. The summed E-state index contributed by atoms with van der Waals surface area (Å²) in [7, 11) is 0. The van der Waals surface area contributed by atoms with Gasteiger partial charge in [-0.1, -0.05) is 61.6 Å². The van der Waals surface area contributed by atoms with Crippen LogP contribution in [0.3, 0.4) is 0 Å². The number of benzene rings is 3. The van der Waals surface area contributed by atoms with E-state index in [0.29, 0.717) is 12.3 Å². The molecule has 0 aliphatic carbocycles. The van der Waals surface area contributed by atoms with Crippen molar-refractivity contribution in [2.24, 2.45) is 0 Å². The van der Waals surface area contributed by atoms with Gasteiger partial charge < -0.3 is 15.2 Å². The van der Waals surface area contributed by atoms with Crippen LogP contribution in [0.15, 0.2) is 72.8 Å². The third-order valence-electron chi connectivity index (χ3n) is 5.32. The molecule has 0 aliphatic heterocycles. The van der Waals surface area contributed by atoms with Gasteiger partial charge in [-0.15, -0.1) is 12.4 Å². The Kier molecular flexibility index (Phi) is 11.2. The number of carboxylic acid groups (broad SMARTS) is 1. The maximum Gasteiger partial charge on any atom is 0.344 e. The second kappa shape index (κ2) is 14.1. The normalized spacial score (nSPS) is 11.0. The number of aliphatic carboxylic acids is 1. The maximum absolute atomic E-state index is 10.9. The van der Waals surface area contributed by atoms with Crippen molar-refractivity contribution in [2.45, 2.75) is 52.3 Å². The fourth-order valence-corrected chi connectivity index (χ4v) is 3.28. The number of hydrogen-bond acceptors (Lipinski definition) is 3. The van der Waals surface area contributed by atoms with Crippen molar-refractivity contribution in [3.8, 4) is 17.6 Å². The maximum atomic E-state index is 10.9. The molecule has 1 unspecified atom stereocenters. The molecule has 4 nitrogen and oxygen atoms in total. The Balaban J connectivity index is 0.00000408. The predicted octanol–water partition coefficient (Wildman–Crippen LogP) is 5.99. The Morgan fingerprint density at radius 1 is 0.853 bits per heavy atom. The summed E-state index contributed by atoms with van der Waals surface area (Å²) < 4.78 is 5.35. The molecule has 0 fully saturated rings. The number of halogens is 1. The van der Waals surface area contributed by atoms with Crippen molar-refractivity contribution < 1.29 is 14.6 Å². The van der Waals surface area contributed by atoms with Crippen molar-refractivity contribution >= 4 is 18.4 Å². The Hall–Kier alpha value is -3.26. The summed E-state index contributed by atoms with van der Waals surface area (Å²) in [5.74, 6) is 6.06. The summed E-state index contributed by atoms with van der Waals surface area (Å²) in [6.45, 7) is 5.19. The van der Waals surface area contributed by atoms with E-state index in [9.17, 15) is 4.79 Å². The van der Waals surface area contributed by atoms with E-state index in [1.54, 1.807) is 12.1 Å². The summed E-state index contributed by atoms with van der Waals surface area (Å²) in [6, 6.07) is 24.3. The first-order chi connectivity index (χ1) is 16.0. The van der Waals surface area contributed by atoms with E-state index in [1.165, 1.54) is 30.9 Å². The SMILES string of the molecule is CCCCc1ccc(C#Cc2ccc(CNCc3ccc(OC(C)C(=O)O)cc3)cc2)cc1.Cl. The minimum atomic E-state index is -0.978. The highest BCUT2D eigenvalue weighted by molar-refractivity contribution is 5.85. The number of aryl methyl sites for hydroxylation is 1. The van der Waals surface area contributed by atoms with Crippen LogP contribution in [0, 0.1) is 11.8 Å². The van der Waals surface area contributed by atoms with Crippen LogP contribution in [0.4, 0.5) is 0 Å². The fourth-order valence-electron chi connectivity index (χ4n) is 3.28. The molecule has 0 aromatic heterocycles. The number of carboxylic acids is 1. The third-order valence-corrected chi connectivity index (χ3v) is 5.32. The third kappa shape index (κ3) is 8.94. The Bertz CT molecular complexity index is 1080. The van der Waals surface area contributed by atoms with Crippen LogP contribution >= 0.6 is 12.4 Å². The molecule has 0 heterocycles. The summed E-state index contributed by atoms with van der Waals surface area (Å²) >= 11 is 0. The molecule has 0 bridgehead atoms. The van der Waals surface area contributed by atoms with Crippen LogP contribution in [-0.4, -0.2) is 17.2 Å². The van der Waals surface area contributed by atoms with Gasteiger partial charge in [0.2, 0.25) is 0 Å². The van der Waals surface area contributed by atoms with E-state index < -0.39 is 12.1 Å². The van der Waals surface area contributed by atoms with Gasteiger partial charge in [0.05, 0.1) is 0 Å². The largest absolute Gasteiger partial charge is 0.479 e. The van der Waals surface area contributed by atoms with Crippen LogP contribution in [0.1, 0.15) is 54.5 Å². The topological polar surface area (TPSA) is 58.6 Å². The number of carbonyl (C=O) groups is 1. The van der Waals surface area contributed by atoms with Gasteiger partial charge in [0.15, 0.2) is 6.10 Å². The lowest BCUT2D eigenvalue weighted by Gasteiger charge is -2.11. The van der Waals surface area contributed by atoms with Crippen molar-refractivity contribution in [3.05, 3.63) is 101 Å². The number of unbranched alkanes of at least 4 members (excludes halogenated alkanes) is 1. The molecule has 0 radical (unpaired) electrons. The lowest BCUT2D eigenvalue weighted by molar-refractivity contribution is -0.144. The molecule has 0 spiro atoms. The fraction of sp³-hybridized carbons (Fsp3) is 0.276. The smallest absolute Gasteiger partial charge is 0.344 e. The number of ether oxygens (including phenoxy) is 1. The van der Waals surface area contributed by atoms with Gasteiger partial charge in [-0.2, -0.15) is 0 Å². The molecule has 1 atom stereocenters. The predicted molar refractivity (Wildman–Crippen MR) is 139 cm³/mol. The minimum absolute atomic E-state index is 0. The quantitative estimate of drug-likeness (QED) is 0.352. The molecule has 3 aromatic rings. The highest BCUT2D eigenvalue weighted by atomic mass is 35.5. The zero-order valence-electron chi connectivity index (χ0n) is 19.7. The molecule has 5 heteroatoms. The molecule has 178 valence electrons. The first kappa shape index (κ1) is 27.0. The van der Waals surface area contributed by atoms with Gasteiger partial charge in [0.1, 0.15) is 5.75 Å². The Morgan fingerprint density at radius 2 is 1.32 bits per heavy atom. The molecule has 0 saturated carbocycles. The van der Waals surface area contributed by atoms with Crippen molar-refractivity contribution in [2.75, 3.05) is 0 Å². The Labute approximate surface area is 208 Å². The zero-order valence-corrected chi connectivity index (χ0v) is 20.5. The first-order valence-corrected chi connectivity index (χ1v) is 11.4. The van der Waals surface area contributed by atoms with Gasteiger partial charge in [-0.3, -0.25) is 0 Å². The van der Waals surface area contributed by atoms with E-state index in [4.69, 9.17) is 9.84 Å². The second-order valence-electron chi connectivity index (χ2n) is 8.09. The molecule has 3 rings (SSSR count). The monoisotopic (exact) mass is 477 g/mol. The molecule has 0 saturated heterocycles. The molecule has 3 aromatic carbocycles. The standard InChI is InChI=1S/C29H31NO3.ClH/c1-3-4-5-23-6-8-24(9-7-23)10-11-25-12-14-26(15-13-25)20-30-21-27-16-18-28(19-17-27)33-22(2)29(31)32;/h6-9,12-19,22,30H,3-5,20-21H2,1-2H3,(H,31,32);1H. The van der Waals surface area contributed by atoms with Crippen molar-refractivity contribution in [1.29, 1.82) is 0 Å². The molecule has 0 aliphatic rings. The molecular formula is C29H32ClNO3. The van der Waals surface area contributed by atoms with Gasteiger partial charge in [0.25, 0.3) is 0 Å². The molecule has 34 heavy (non-hydrogen) atoms. The molecule has 0 amide bonds. The molecular weight excluding hydrogens is 446 g/mol. The highest BCUT2D eigenvalue weighted by Crippen LogP contribution is 2.14. The lowest BCUT2D eigenvalue weighted by Crippen LogP contribution is -2.22. The minimum Gasteiger partial charge on any atom is -0.479 e. The lowest BCUT2D eigenvalue weighted by atomic mass is 10.1. The van der Waals surface area contributed by atoms with Crippen molar-refractivity contribution in [3.63, 3.8) is 0 Å².